The Morgan fingerprint density at radius 3 is 2.73 bits per heavy atom. The molecular weight excluding hydrogens is 304 g/mol. The summed E-state index contributed by atoms with van der Waals surface area (Å²) < 4.78 is 5.54. The molecule has 1 aromatic carbocycles. The molecular formula is C16H24ClN2O3+. The van der Waals surface area contributed by atoms with Gasteiger partial charge >= 0.3 is 0 Å². The highest BCUT2D eigenvalue weighted by Crippen LogP contribution is 2.15. The van der Waals surface area contributed by atoms with Crippen LogP contribution in [-0.4, -0.2) is 43.4 Å². The number of carbonyl (C=O) groups is 1. The minimum Gasteiger partial charge on any atom is -0.385 e. The van der Waals surface area contributed by atoms with E-state index in [1.807, 2.05) is 24.3 Å². The first-order valence-corrected chi connectivity index (χ1v) is 8.06. The number of nitrogens with one attached hydrogen (secondary N) is 1. The van der Waals surface area contributed by atoms with Crippen molar-refractivity contribution in [2.45, 2.75) is 25.6 Å². The van der Waals surface area contributed by atoms with Crippen molar-refractivity contribution in [1.82, 2.24) is 0 Å². The van der Waals surface area contributed by atoms with Crippen LogP contribution in [0.5, 0.6) is 0 Å². The molecule has 22 heavy (non-hydrogen) atoms. The molecule has 0 aliphatic carbocycles. The van der Waals surface area contributed by atoms with Crippen molar-refractivity contribution in [1.29, 1.82) is 0 Å². The molecule has 1 saturated heterocycles. The molecule has 0 aromatic heterocycles. The zero-order valence-corrected chi connectivity index (χ0v) is 13.4. The lowest BCUT2D eigenvalue weighted by Gasteiger charge is -2.29. The summed E-state index contributed by atoms with van der Waals surface area (Å²) in [6, 6.07) is 7.52. The van der Waals surface area contributed by atoms with E-state index < -0.39 is 6.10 Å². The van der Waals surface area contributed by atoms with Gasteiger partial charge in [0.25, 0.3) is 0 Å². The van der Waals surface area contributed by atoms with E-state index in [1.165, 1.54) is 4.90 Å². The molecule has 0 bridgehead atoms. The van der Waals surface area contributed by atoms with E-state index in [2.05, 4.69) is 0 Å². The maximum absolute atomic E-state index is 11.1. The van der Waals surface area contributed by atoms with Crippen LogP contribution in [-0.2, 0) is 16.1 Å². The molecule has 5 nitrogen and oxygen atoms in total. The van der Waals surface area contributed by atoms with Crippen LogP contribution in [0.1, 0.15) is 18.4 Å². The van der Waals surface area contributed by atoms with Crippen molar-refractivity contribution in [3.63, 3.8) is 0 Å². The number of aliphatic hydroxyl groups is 1. The fourth-order valence-electron chi connectivity index (χ4n) is 2.83. The lowest BCUT2D eigenvalue weighted by Crippen LogP contribution is -3.14. The second kappa shape index (κ2) is 8.48. The first-order valence-electron chi connectivity index (χ1n) is 7.68. The normalized spacial score (nSPS) is 23.2. The summed E-state index contributed by atoms with van der Waals surface area (Å²) in [5.41, 5.74) is 6.24. The Kier molecular flexibility index (Phi) is 6.64. The van der Waals surface area contributed by atoms with Crippen LogP contribution in [0, 0.1) is 5.92 Å². The van der Waals surface area contributed by atoms with E-state index in [0.717, 1.165) is 31.5 Å². The van der Waals surface area contributed by atoms with Gasteiger partial charge in [-0.05, 0) is 11.6 Å². The lowest BCUT2D eigenvalue weighted by atomic mass is 9.96. The highest BCUT2D eigenvalue weighted by Gasteiger charge is 2.27. The average molecular weight is 328 g/mol. The predicted molar refractivity (Wildman–Crippen MR) is 84.6 cm³/mol. The smallest absolute Gasteiger partial charge is 0.220 e. The number of halogens is 1. The summed E-state index contributed by atoms with van der Waals surface area (Å²) >= 11 is 6.05. The zero-order valence-electron chi connectivity index (χ0n) is 12.6. The van der Waals surface area contributed by atoms with Gasteiger partial charge in [-0.25, -0.2) is 0 Å². The van der Waals surface area contributed by atoms with E-state index in [1.54, 1.807) is 0 Å². The first kappa shape index (κ1) is 17.2. The van der Waals surface area contributed by atoms with Gasteiger partial charge in [-0.3, -0.25) is 4.79 Å². The second-order valence-electron chi connectivity index (χ2n) is 5.89. The van der Waals surface area contributed by atoms with Gasteiger partial charge in [-0.15, -0.1) is 0 Å². The maximum atomic E-state index is 11.1. The molecule has 6 heteroatoms. The van der Waals surface area contributed by atoms with Crippen molar-refractivity contribution < 1.29 is 19.5 Å². The number of likely N-dealkylation sites (tertiary alicyclic amines) is 1. The SMILES string of the molecule is NC(=O)C1CC[NH+](C[C@H](O)COCc2ccccc2Cl)CC1. The maximum Gasteiger partial charge on any atom is 0.220 e. The van der Waals surface area contributed by atoms with Crippen LogP contribution in [0.4, 0.5) is 0 Å². The van der Waals surface area contributed by atoms with E-state index in [0.29, 0.717) is 18.2 Å². The van der Waals surface area contributed by atoms with E-state index >= 15 is 0 Å². The quantitative estimate of drug-likeness (QED) is 0.659. The molecule has 1 amide bonds. The van der Waals surface area contributed by atoms with Gasteiger partial charge in [0.1, 0.15) is 12.6 Å². The fourth-order valence-corrected chi connectivity index (χ4v) is 3.02. The molecule has 1 atom stereocenters. The molecule has 0 saturated carbocycles. The number of ether oxygens (including phenoxy) is 1. The standard InChI is InChI=1S/C16H23ClN2O3/c17-15-4-2-1-3-13(15)10-22-11-14(20)9-19-7-5-12(6-8-19)16(18)21/h1-4,12,14,20H,5-11H2,(H2,18,21)/p+1/t14-/m0/s1. The third-order valence-corrected chi connectivity index (χ3v) is 4.51. The van der Waals surface area contributed by atoms with Crippen molar-refractivity contribution in [2.75, 3.05) is 26.2 Å². The highest BCUT2D eigenvalue weighted by atomic mass is 35.5. The van der Waals surface area contributed by atoms with Crippen LogP contribution in [0.25, 0.3) is 0 Å². The Bertz CT molecular complexity index is 490. The topological polar surface area (TPSA) is 77.0 Å². The minimum atomic E-state index is -0.511. The molecule has 1 fully saturated rings. The number of amides is 1. The Morgan fingerprint density at radius 1 is 1.41 bits per heavy atom. The van der Waals surface area contributed by atoms with Crippen LogP contribution < -0.4 is 10.6 Å². The first-order chi connectivity index (χ1) is 10.6. The molecule has 0 radical (unpaired) electrons. The summed E-state index contributed by atoms with van der Waals surface area (Å²) in [5, 5.41) is 10.7. The van der Waals surface area contributed by atoms with Crippen molar-refractivity contribution in [2.24, 2.45) is 11.7 Å². The number of rotatable bonds is 7. The molecule has 1 aromatic rings. The van der Waals surface area contributed by atoms with E-state index in [4.69, 9.17) is 22.1 Å². The Balaban J connectivity index is 1.65. The van der Waals surface area contributed by atoms with Crippen LogP contribution in [0.2, 0.25) is 5.02 Å². The van der Waals surface area contributed by atoms with Gasteiger partial charge in [0.2, 0.25) is 5.91 Å². The summed E-state index contributed by atoms with van der Waals surface area (Å²) in [5.74, 6) is -0.208. The molecule has 122 valence electrons. The second-order valence-corrected chi connectivity index (χ2v) is 6.30. The Labute approximate surface area is 136 Å². The summed E-state index contributed by atoms with van der Waals surface area (Å²) in [6.07, 6.45) is 1.10. The zero-order chi connectivity index (χ0) is 15.9. The van der Waals surface area contributed by atoms with Crippen LogP contribution in [0.3, 0.4) is 0 Å². The van der Waals surface area contributed by atoms with E-state index in [-0.39, 0.29) is 18.4 Å². The molecule has 1 aliphatic rings. The average Bonchev–Trinajstić information content (AvgIpc) is 2.50. The predicted octanol–water partition coefficient (Wildman–Crippen LogP) is -0.00230. The van der Waals surface area contributed by atoms with Gasteiger partial charge in [-0.1, -0.05) is 29.8 Å². The molecule has 1 heterocycles. The Hall–Kier alpha value is -1.14. The number of quaternary nitrogens is 1. The van der Waals surface area contributed by atoms with Gasteiger partial charge in [-0.2, -0.15) is 0 Å². The molecule has 2 rings (SSSR count). The Morgan fingerprint density at radius 2 is 2.09 bits per heavy atom. The van der Waals surface area contributed by atoms with E-state index in [9.17, 15) is 9.90 Å². The van der Waals surface area contributed by atoms with Crippen molar-refractivity contribution >= 4 is 17.5 Å². The number of primary amides is 1. The number of hydrogen-bond donors (Lipinski definition) is 3. The number of carbonyl (C=O) groups excluding carboxylic acids is 1. The largest absolute Gasteiger partial charge is 0.385 e. The van der Waals surface area contributed by atoms with Crippen molar-refractivity contribution in [3.8, 4) is 0 Å². The summed E-state index contributed by atoms with van der Waals surface area (Å²) in [7, 11) is 0. The van der Waals surface area contributed by atoms with Gasteiger partial charge in [0.15, 0.2) is 0 Å². The highest BCUT2D eigenvalue weighted by molar-refractivity contribution is 6.31. The molecule has 0 unspecified atom stereocenters. The minimum absolute atomic E-state index is 0.00244. The lowest BCUT2D eigenvalue weighted by molar-refractivity contribution is -0.908. The number of hydrogen-bond acceptors (Lipinski definition) is 3. The fraction of sp³-hybridized carbons (Fsp3) is 0.562. The summed E-state index contributed by atoms with van der Waals surface area (Å²) in [6.45, 7) is 3.06. The van der Waals surface area contributed by atoms with Gasteiger partial charge in [0.05, 0.1) is 26.3 Å². The van der Waals surface area contributed by atoms with Crippen LogP contribution >= 0.6 is 11.6 Å². The number of benzene rings is 1. The third kappa shape index (κ3) is 5.25. The van der Waals surface area contributed by atoms with Crippen molar-refractivity contribution in [3.05, 3.63) is 34.9 Å². The molecule has 1 aliphatic heterocycles. The monoisotopic (exact) mass is 327 g/mol. The summed E-state index contributed by atoms with van der Waals surface area (Å²) in [4.78, 5) is 12.4. The van der Waals surface area contributed by atoms with Crippen LogP contribution in [0.15, 0.2) is 24.3 Å². The number of nitrogens with two attached hydrogens (primary N) is 1. The van der Waals surface area contributed by atoms with Gasteiger partial charge in [0, 0.05) is 23.8 Å². The van der Waals surface area contributed by atoms with Gasteiger partial charge < -0.3 is 20.5 Å². The third-order valence-electron chi connectivity index (χ3n) is 4.15. The molecule has 0 spiro atoms. The number of aliphatic hydroxyl groups excluding tert-OH is 1. The number of piperidine rings is 1. The molecule has 4 N–H and O–H groups in total.